The fourth-order valence-electron chi connectivity index (χ4n) is 2.64. The molecule has 0 amide bonds. The van der Waals surface area contributed by atoms with Crippen LogP contribution in [0.1, 0.15) is 11.1 Å². The van der Waals surface area contributed by atoms with Crippen molar-refractivity contribution in [2.45, 2.75) is 18.5 Å². The monoisotopic (exact) mass is 383 g/mol. The minimum absolute atomic E-state index is 0.412. The number of alkyl halides is 1. The maximum Gasteiger partial charge on any atom is 0.224 e. The Labute approximate surface area is 163 Å². The van der Waals surface area contributed by atoms with E-state index in [0.29, 0.717) is 17.5 Å². The highest BCUT2D eigenvalue weighted by Crippen LogP contribution is 2.22. The Balaban J connectivity index is 1.84. The number of amidine groups is 1. The van der Waals surface area contributed by atoms with Gasteiger partial charge in [0.1, 0.15) is 17.4 Å². The van der Waals surface area contributed by atoms with E-state index in [4.69, 9.17) is 23.1 Å². The molecule has 7 nitrogen and oxygen atoms in total. The van der Waals surface area contributed by atoms with Gasteiger partial charge in [0.15, 0.2) is 0 Å². The fourth-order valence-corrected chi connectivity index (χ4v) is 2.82. The van der Waals surface area contributed by atoms with Crippen LogP contribution in [0, 0.1) is 6.92 Å². The molecule has 0 aliphatic carbocycles. The maximum absolute atomic E-state index is 6.39. The molecule has 2 atom stereocenters. The van der Waals surface area contributed by atoms with E-state index in [0.717, 1.165) is 22.5 Å². The molecule has 0 aromatic heterocycles. The first-order valence-electron chi connectivity index (χ1n) is 8.45. The second kappa shape index (κ2) is 8.09. The molecule has 8 heteroatoms. The summed E-state index contributed by atoms with van der Waals surface area (Å²) in [7, 11) is 1.65. The third kappa shape index (κ3) is 4.38. The van der Waals surface area contributed by atoms with Crippen molar-refractivity contribution in [2.24, 2.45) is 20.7 Å². The first-order valence-corrected chi connectivity index (χ1v) is 8.89. The van der Waals surface area contributed by atoms with Crippen LogP contribution in [0.5, 0.6) is 0 Å². The molecule has 140 valence electrons. The Bertz CT molecular complexity index is 920. The summed E-state index contributed by atoms with van der Waals surface area (Å²) in [4.78, 5) is 12.9. The van der Waals surface area contributed by atoms with Crippen LogP contribution < -0.4 is 22.1 Å². The molecule has 0 saturated heterocycles. The fraction of sp³-hybridized carbons (Fsp3) is 0.211. The Morgan fingerprint density at radius 3 is 2.74 bits per heavy atom. The second-order valence-corrected chi connectivity index (χ2v) is 6.62. The van der Waals surface area contributed by atoms with Crippen LogP contribution in [0.15, 0.2) is 57.4 Å². The highest BCUT2D eigenvalue weighted by atomic mass is 35.5. The van der Waals surface area contributed by atoms with Gasteiger partial charge in [-0.15, -0.1) is 11.6 Å². The van der Waals surface area contributed by atoms with E-state index in [2.05, 4.69) is 25.6 Å². The predicted octanol–water partition coefficient (Wildman–Crippen LogP) is 2.81. The zero-order chi connectivity index (χ0) is 19.4. The third-order valence-electron chi connectivity index (χ3n) is 4.16. The van der Waals surface area contributed by atoms with Crippen LogP contribution in [0.25, 0.3) is 0 Å². The molecule has 2 aromatic carbocycles. The number of benzene rings is 2. The first kappa shape index (κ1) is 18.7. The van der Waals surface area contributed by atoms with Gasteiger partial charge in [-0.05, 0) is 36.8 Å². The highest BCUT2D eigenvalue weighted by Gasteiger charge is 2.23. The van der Waals surface area contributed by atoms with Gasteiger partial charge in [-0.3, -0.25) is 4.99 Å². The number of nitrogens with zero attached hydrogens (tertiary/aromatic N) is 3. The lowest BCUT2D eigenvalue weighted by molar-refractivity contribution is 0.799. The largest absolute Gasteiger partial charge is 0.399 e. The van der Waals surface area contributed by atoms with Crippen LogP contribution >= 0.6 is 11.6 Å². The molecular weight excluding hydrogens is 362 g/mol. The number of aryl methyl sites for hydroxylation is 1. The van der Waals surface area contributed by atoms with Crippen LogP contribution in [-0.4, -0.2) is 36.6 Å². The zero-order valence-electron chi connectivity index (χ0n) is 15.1. The first-order chi connectivity index (χ1) is 13.0. The lowest BCUT2D eigenvalue weighted by Gasteiger charge is -2.24. The Morgan fingerprint density at radius 1 is 1.19 bits per heavy atom. The molecule has 0 fully saturated rings. The van der Waals surface area contributed by atoms with Crippen LogP contribution in [0.3, 0.4) is 0 Å². The Kier molecular flexibility index (Phi) is 5.61. The number of nitrogens with one attached hydrogen (secondary N) is 2. The highest BCUT2D eigenvalue weighted by molar-refractivity contribution is 6.30. The number of guanidine groups is 1. The average molecular weight is 384 g/mol. The molecule has 1 aliphatic heterocycles. The van der Waals surface area contributed by atoms with E-state index in [1.165, 1.54) is 0 Å². The maximum atomic E-state index is 6.39. The number of anilines is 3. The number of halogens is 1. The minimum Gasteiger partial charge on any atom is -0.399 e. The standard InChI is InChI=1S/C19H22ClN7/c1-11-7-8-12(21)9-16(11)26-19-24-10-14(20)18(27-19)25-15-6-4-3-5-13(15)17(22)23-2/h3-10,14,18,25H,21H2,1-2H3,(H2,22,23)(H,26,27). The normalized spacial score (nSPS) is 19.5. The van der Waals surface area contributed by atoms with E-state index in [1.54, 1.807) is 13.3 Å². The summed E-state index contributed by atoms with van der Waals surface area (Å²) in [5.41, 5.74) is 16.0. The number of nitrogen functional groups attached to an aromatic ring is 1. The van der Waals surface area contributed by atoms with Crippen molar-refractivity contribution in [1.82, 2.24) is 0 Å². The second-order valence-electron chi connectivity index (χ2n) is 6.12. The Hall–Kier alpha value is -3.06. The van der Waals surface area contributed by atoms with Crippen molar-refractivity contribution in [1.29, 1.82) is 0 Å². The molecule has 0 radical (unpaired) electrons. The van der Waals surface area contributed by atoms with Gasteiger partial charge in [0.25, 0.3) is 0 Å². The molecule has 6 N–H and O–H groups in total. The van der Waals surface area contributed by atoms with Gasteiger partial charge < -0.3 is 22.1 Å². The van der Waals surface area contributed by atoms with Crippen molar-refractivity contribution >= 4 is 46.7 Å². The van der Waals surface area contributed by atoms with Gasteiger partial charge in [0.05, 0.1) is 0 Å². The third-order valence-corrected chi connectivity index (χ3v) is 4.51. The van der Waals surface area contributed by atoms with Gasteiger partial charge in [-0.1, -0.05) is 18.2 Å². The average Bonchev–Trinajstić information content (AvgIpc) is 2.67. The summed E-state index contributed by atoms with van der Waals surface area (Å²) in [6.45, 7) is 1.98. The van der Waals surface area contributed by atoms with Gasteiger partial charge >= 0.3 is 0 Å². The number of hydrogen-bond acceptors (Lipinski definition) is 6. The summed E-state index contributed by atoms with van der Waals surface area (Å²) < 4.78 is 0. The van der Waals surface area contributed by atoms with Crippen LogP contribution in [-0.2, 0) is 0 Å². The molecule has 2 unspecified atom stereocenters. The molecular formula is C19H22ClN7. The SMILES string of the molecule is CN=C(N)c1ccccc1NC1N=C(Nc2cc(N)ccc2C)N=CC1Cl. The molecule has 1 aliphatic rings. The van der Waals surface area contributed by atoms with Crippen LogP contribution in [0.4, 0.5) is 17.1 Å². The Morgan fingerprint density at radius 2 is 1.96 bits per heavy atom. The minimum atomic E-state index is -0.418. The van der Waals surface area contributed by atoms with Gasteiger partial charge in [-0.2, -0.15) is 0 Å². The van der Waals surface area contributed by atoms with Crippen molar-refractivity contribution in [2.75, 3.05) is 23.4 Å². The number of aliphatic imine (C=N–C) groups is 3. The quantitative estimate of drug-likeness (QED) is 0.281. The molecule has 2 aromatic rings. The molecule has 27 heavy (non-hydrogen) atoms. The number of nitrogens with two attached hydrogens (primary N) is 2. The topological polar surface area (TPSA) is 113 Å². The number of para-hydroxylation sites is 1. The number of hydrogen-bond donors (Lipinski definition) is 4. The number of rotatable bonds is 4. The lowest BCUT2D eigenvalue weighted by Crippen LogP contribution is -2.35. The summed E-state index contributed by atoms with van der Waals surface area (Å²) >= 11 is 6.39. The van der Waals surface area contributed by atoms with E-state index >= 15 is 0 Å². The van der Waals surface area contributed by atoms with Gasteiger partial charge in [-0.25, -0.2) is 9.98 Å². The smallest absolute Gasteiger partial charge is 0.224 e. The molecule has 1 heterocycles. The zero-order valence-corrected chi connectivity index (χ0v) is 15.9. The summed E-state index contributed by atoms with van der Waals surface area (Å²) in [6, 6.07) is 13.2. The van der Waals surface area contributed by atoms with Crippen molar-refractivity contribution in [3.05, 3.63) is 53.6 Å². The molecule has 0 saturated carbocycles. The van der Waals surface area contributed by atoms with E-state index in [1.807, 2.05) is 49.4 Å². The van der Waals surface area contributed by atoms with E-state index < -0.39 is 11.5 Å². The van der Waals surface area contributed by atoms with Gasteiger partial charge in [0.2, 0.25) is 5.96 Å². The summed E-state index contributed by atoms with van der Waals surface area (Å²) in [6.07, 6.45) is 1.23. The lowest BCUT2D eigenvalue weighted by atomic mass is 10.1. The van der Waals surface area contributed by atoms with Gasteiger partial charge in [0, 0.05) is 35.9 Å². The molecule has 0 spiro atoms. The van der Waals surface area contributed by atoms with Crippen molar-refractivity contribution in [3.63, 3.8) is 0 Å². The van der Waals surface area contributed by atoms with Crippen molar-refractivity contribution in [3.8, 4) is 0 Å². The molecule has 3 rings (SSSR count). The summed E-state index contributed by atoms with van der Waals surface area (Å²) in [5, 5.41) is 6.11. The predicted molar refractivity (Wildman–Crippen MR) is 115 cm³/mol. The molecule has 0 bridgehead atoms. The van der Waals surface area contributed by atoms with Crippen molar-refractivity contribution < 1.29 is 0 Å². The van der Waals surface area contributed by atoms with E-state index in [9.17, 15) is 0 Å². The van der Waals surface area contributed by atoms with Crippen LogP contribution in [0.2, 0.25) is 0 Å². The summed E-state index contributed by atoms with van der Waals surface area (Å²) in [5.74, 6) is 0.888. The van der Waals surface area contributed by atoms with E-state index in [-0.39, 0.29) is 0 Å².